The van der Waals surface area contributed by atoms with Crippen molar-refractivity contribution in [2.75, 3.05) is 16.8 Å². The molecule has 0 spiro atoms. The average Bonchev–Trinajstić information content (AvgIpc) is 3.05. The third kappa shape index (κ3) is 3.43. The van der Waals surface area contributed by atoms with Crippen LogP contribution in [0.15, 0.2) is 67.0 Å². The molecule has 3 aromatic rings. The number of anilines is 3. The van der Waals surface area contributed by atoms with Gasteiger partial charge in [0.1, 0.15) is 5.75 Å². The first-order chi connectivity index (χ1) is 13.7. The van der Waals surface area contributed by atoms with E-state index >= 15 is 0 Å². The normalized spacial score (nSPS) is 15.2. The van der Waals surface area contributed by atoms with E-state index in [1.807, 2.05) is 60.4 Å². The van der Waals surface area contributed by atoms with E-state index < -0.39 is 0 Å². The van der Waals surface area contributed by atoms with E-state index in [0.29, 0.717) is 12.2 Å². The summed E-state index contributed by atoms with van der Waals surface area (Å²) in [4.78, 5) is 19.4. The molecule has 1 N–H and O–H groups in total. The van der Waals surface area contributed by atoms with Gasteiger partial charge in [-0.3, -0.25) is 9.78 Å². The van der Waals surface area contributed by atoms with E-state index in [1.165, 1.54) is 5.56 Å². The number of amides is 1. The van der Waals surface area contributed by atoms with Gasteiger partial charge in [-0.05, 0) is 50.1 Å². The molecule has 1 aliphatic heterocycles. The van der Waals surface area contributed by atoms with Crippen LogP contribution in [-0.4, -0.2) is 23.5 Å². The van der Waals surface area contributed by atoms with Crippen LogP contribution in [0.25, 0.3) is 0 Å². The van der Waals surface area contributed by atoms with Gasteiger partial charge in [-0.25, -0.2) is 0 Å². The van der Waals surface area contributed by atoms with E-state index in [4.69, 9.17) is 4.74 Å². The second-order valence-corrected chi connectivity index (χ2v) is 6.87. The monoisotopic (exact) mass is 373 g/mol. The fourth-order valence-electron chi connectivity index (χ4n) is 3.65. The maximum atomic E-state index is 13.2. The van der Waals surface area contributed by atoms with Gasteiger partial charge in [0.25, 0.3) is 5.91 Å². The molecule has 1 atom stereocenters. The first-order valence-corrected chi connectivity index (χ1v) is 9.52. The minimum absolute atomic E-state index is 0.0355. The van der Waals surface area contributed by atoms with Crippen LogP contribution in [0.1, 0.15) is 29.8 Å². The van der Waals surface area contributed by atoms with Crippen molar-refractivity contribution in [1.82, 2.24) is 4.98 Å². The van der Waals surface area contributed by atoms with E-state index in [1.54, 1.807) is 12.4 Å². The summed E-state index contributed by atoms with van der Waals surface area (Å²) in [5.74, 6) is 0.732. The summed E-state index contributed by atoms with van der Waals surface area (Å²) in [5, 5.41) is 3.32. The van der Waals surface area contributed by atoms with Crippen molar-refractivity contribution < 1.29 is 9.53 Å². The quantitative estimate of drug-likeness (QED) is 0.697. The molecular weight excluding hydrogens is 350 g/mol. The summed E-state index contributed by atoms with van der Waals surface area (Å²) in [7, 11) is 0. The van der Waals surface area contributed by atoms with E-state index in [2.05, 4.69) is 23.3 Å². The highest BCUT2D eigenvalue weighted by atomic mass is 16.5. The van der Waals surface area contributed by atoms with Crippen molar-refractivity contribution in [3.63, 3.8) is 0 Å². The molecule has 1 unspecified atom stereocenters. The molecule has 5 heteroatoms. The van der Waals surface area contributed by atoms with Crippen LogP contribution in [0.4, 0.5) is 17.1 Å². The molecule has 0 bridgehead atoms. The van der Waals surface area contributed by atoms with Crippen molar-refractivity contribution in [3.05, 3.63) is 78.1 Å². The number of rotatable bonds is 5. The second-order valence-electron chi connectivity index (χ2n) is 6.87. The van der Waals surface area contributed by atoms with Crippen LogP contribution in [0, 0.1) is 0 Å². The molecule has 4 rings (SSSR count). The Morgan fingerprint density at radius 3 is 2.82 bits per heavy atom. The fourth-order valence-corrected chi connectivity index (χ4v) is 3.65. The van der Waals surface area contributed by atoms with Crippen molar-refractivity contribution >= 4 is 23.0 Å². The van der Waals surface area contributed by atoms with Gasteiger partial charge in [-0.15, -0.1) is 0 Å². The highest BCUT2D eigenvalue weighted by molar-refractivity contribution is 6.08. The molecule has 28 heavy (non-hydrogen) atoms. The third-order valence-electron chi connectivity index (χ3n) is 4.88. The molecule has 0 saturated carbocycles. The standard InChI is InChI=1S/C23H23N3O2/c1-3-28-22-11-7-5-9-20(22)25-19-13-18(14-24-15-19)23(27)26-16(2)12-17-8-4-6-10-21(17)26/h4-11,13-16,25H,3,12H2,1-2H3. The number of hydrogen-bond donors (Lipinski definition) is 1. The fraction of sp³-hybridized carbons (Fsp3) is 0.217. The molecule has 0 aliphatic carbocycles. The Labute approximate surface area is 165 Å². The summed E-state index contributed by atoms with van der Waals surface area (Å²) in [6.07, 6.45) is 4.20. The van der Waals surface area contributed by atoms with E-state index in [9.17, 15) is 4.79 Å². The zero-order valence-electron chi connectivity index (χ0n) is 16.1. The predicted octanol–water partition coefficient (Wildman–Crippen LogP) is 4.82. The number of aromatic nitrogens is 1. The van der Waals surface area contributed by atoms with Gasteiger partial charge in [0.05, 0.1) is 29.7 Å². The van der Waals surface area contributed by atoms with Gasteiger partial charge in [0, 0.05) is 17.9 Å². The Morgan fingerprint density at radius 2 is 1.96 bits per heavy atom. The number of carbonyl (C=O) groups is 1. The number of carbonyl (C=O) groups excluding carboxylic acids is 1. The topological polar surface area (TPSA) is 54.5 Å². The predicted molar refractivity (Wildman–Crippen MR) is 112 cm³/mol. The SMILES string of the molecule is CCOc1ccccc1Nc1cncc(C(=O)N2c3ccccc3CC2C)c1. The molecule has 2 aromatic carbocycles. The average molecular weight is 373 g/mol. The van der Waals surface area contributed by atoms with Crippen LogP contribution in [0.3, 0.4) is 0 Å². The molecule has 0 saturated heterocycles. The smallest absolute Gasteiger partial charge is 0.260 e. The highest BCUT2D eigenvalue weighted by Gasteiger charge is 2.31. The lowest BCUT2D eigenvalue weighted by Crippen LogP contribution is -2.35. The van der Waals surface area contributed by atoms with Crippen molar-refractivity contribution in [3.8, 4) is 5.75 Å². The maximum Gasteiger partial charge on any atom is 0.260 e. The lowest BCUT2D eigenvalue weighted by Gasteiger charge is -2.23. The number of benzene rings is 2. The minimum Gasteiger partial charge on any atom is -0.492 e. The number of fused-ring (bicyclic) bond motifs is 1. The number of pyridine rings is 1. The first kappa shape index (κ1) is 18.0. The summed E-state index contributed by atoms with van der Waals surface area (Å²) in [6.45, 7) is 4.61. The van der Waals surface area contributed by atoms with Crippen LogP contribution < -0.4 is 15.0 Å². The van der Waals surface area contributed by atoms with Crippen LogP contribution >= 0.6 is 0 Å². The summed E-state index contributed by atoms with van der Waals surface area (Å²) in [6, 6.07) is 17.8. The summed E-state index contributed by atoms with van der Waals surface area (Å²) < 4.78 is 5.66. The molecule has 142 valence electrons. The van der Waals surface area contributed by atoms with Gasteiger partial charge >= 0.3 is 0 Å². The molecule has 0 radical (unpaired) electrons. The van der Waals surface area contributed by atoms with Crippen LogP contribution in [0.2, 0.25) is 0 Å². The third-order valence-corrected chi connectivity index (χ3v) is 4.88. The molecule has 1 aliphatic rings. The maximum absolute atomic E-state index is 13.2. The second kappa shape index (κ2) is 7.72. The first-order valence-electron chi connectivity index (χ1n) is 9.52. The Hall–Kier alpha value is -3.34. The van der Waals surface area contributed by atoms with Crippen molar-refractivity contribution in [2.24, 2.45) is 0 Å². The Balaban J connectivity index is 1.60. The van der Waals surface area contributed by atoms with Crippen molar-refractivity contribution in [2.45, 2.75) is 26.3 Å². The van der Waals surface area contributed by atoms with Gasteiger partial charge < -0.3 is 15.0 Å². The molecule has 1 aromatic heterocycles. The van der Waals surface area contributed by atoms with Crippen molar-refractivity contribution in [1.29, 1.82) is 0 Å². The lowest BCUT2D eigenvalue weighted by molar-refractivity contribution is 0.0981. The van der Waals surface area contributed by atoms with Gasteiger partial charge in [-0.1, -0.05) is 30.3 Å². The Morgan fingerprint density at radius 1 is 1.18 bits per heavy atom. The zero-order valence-corrected chi connectivity index (χ0v) is 16.1. The number of nitrogens with zero attached hydrogens (tertiary/aromatic N) is 2. The Bertz CT molecular complexity index is 1000. The van der Waals surface area contributed by atoms with Gasteiger partial charge in [0.2, 0.25) is 0 Å². The number of ether oxygens (including phenoxy) is 1. The minimum atomic E-state index is -0.0355. The van der Waals surface area contributed by atoms with E-state index in [-0.39, 0.29) is 11.9 Å². The Kier molecular flexibility index (Phi) is 4.98. The zero-order chi connectivity index (χ0) is 19.5. The number of hydrogen-bond acceptors (Lipinski definition) is 4. The van der Waals surface area contributed by atoms with E-state index in [0.717, 1.165) is 29.2 Å². The largest absolute Gasteiger partial charge is 0.492 e. The van der Waals surface area contributed by atoms with Gasteiger partial charge in [-0.2, -0.15) is 0 Å². The number of para-hydroxylation sites is 3. The highest BCUT2D eigenvalue weighted by Crippen LogP contribution is 2.33. The molecule has 2 heterocycles. The summed E-state index contributed by atoms with van der Waals surface area (Å²) in [5.41, 5.74) is 4.34. The van der Waals surface area contributed by atoms with Crippen LogP contribution in [-0.2, 0) is 6.42 Å². The lowest BCUT2D eigenvalue weighted by atomic mass is 10.1. The van der Waals surface area contributed by atoms with Gasteiger partial charge in [0.15, 0.2) is 0 Å². The molecule has 0 fully saturated rings. The summed E-state index contributed by atoms with van der Waals surface area (Å²) >= 11 is 0. The molecular formula is C23H23N3O2. The molecule has 5 nitrogen and oxygen atoms in total. The molecule has 1 amide bonds. The van der Waals surface area contributed by atoms with Crippen LogP contribution in [0.5, 0.6) is 5.75 Å². The number of nitrogens with one attached hydrogen (secondary N) is 1.